The van der Waals surface area contributed by atoms with Gasteiger partial charge in [0.2, 0.25) is 11.8 Å². The number of aliphatic hydroxyl groups excluding tert-OH is 3. The minimum atomic E-state index is -6.16. The van der Waals surface area contributed by atoms with Crippen molar-refractivity contribution in [1.82, 2.24) is 10.6 Å². The Labute approximate surface area is 453 Å². The molecule has 46 nitrogen and oxygen atoms in total. The Morgan fingerprint density at radius 2 is 0.704 bits per heavy atom. The molecule has 472 valence electrons. The van der Waals surface area contributed by atoms with E-state index in [2.05, 4.69) is 29.3 Å². The van der Waals surface area contributed by atoms with Gasteiger partial charge in [0, 0.05) is 13.8 Å². The first kappa shape index (κ1) is 70.1. The number of aliphatic hydroxyl groups is 3. The Hall–Kier alpha value is -3.43. The van der Waals surface area contributed by atoms with Crippen molar-refractivity contribution in [3.8, 4) is 0 Å². The van der Waals surface area contributed by atoms with Crippen LogP contribution < -0.4 is 10.6 Å². The third-order valence-corrected chi connectivity index (χ3v) is 13.6. The lowest BCUT2D eigenvalue weighted by molar-refractivity contribution is -0.363. The Morgan fingerprint density at radius 3 is 1.06 bits per heavy atom. The van der Waals surface area contributed by atoms with Gasteiger partial charge < -0.3 is 69.3 Å². The summed E-state index contributed by atoms with van der Waals surface area (Å²) < 4.78 is 301. The highest BCUT2D eigenvalue weighted by Crippen LogP contribution is 2.38. The van der Waals surface area contributed by atoms with Gasteiger partial charge in [-0.15, -0.1) is 0 Å². The van der Waals surface area contributed by atoms with Crippen molar-refractivity contribution in [2.45, 2.75) is 137 Å². The van der Waals surface area contributed by atoms with E-state index in [0.717, 1.165) is 0 Å². The van der Waals surface area contributed by atoms with Gasteiger partial charge in [-0.1, -0.05) is 0 Å². The molecule has 0 aromatic carbocycles. The first-order chi connectivity index (χ1) is 36.5. The van der Waals surface area contributed by atoms with Crippen LogP contribution in [-0.4, -0.2) is 276 Å². The van der Waals surface area contributed by atoms with Gasteiger partial charge in [-0.05, 0) is 0 Å². The number of carbonyl (C=O) groups is 4. The topological polar surface area (TPSA) is 703 Å². The summed E-state index contributed by atoms with van der Waals surface area (Å²) in [5, 5.41) is 57.8. The molecule has 0 unspecified atom stereocenters. The molecule has 0 bridgehead atoms. The molecule has 4 rings (SSSR count). The van der Waals surface area contributed by atoms with E-state index in [1.54, 1.807) is 0 Å². The number of ether oxygens (including phenoxy) is 7. The quantitative estimate of drug-likeness (QED) is 0.0358. The predicted octanol–water partition coefficient (Wildman–Crippen LogP) is -10.5. The van der Waals surface area contributed by atoms with Crippen molar-refractivity contribution in [3.63, 3.8) is 0 Å². The van der Waals surface area contributed by atoms with Crippen molar-refractivity contribution in [3.05, 3.63) is 0 Å². The maximum absolute atomic E-state index is 13.0. The molecule has 0 spiro atoms. The number of carboxylic acid groups (broad SMARTS) is 2. The Morgan fingerprint density at radius 1 is 0.395 bits per heavy atom. The van der Waals surface area contributed by atoms with Crippen molar-refractivity contribution < 1.29 is 198 Å². The minimum Gasteiger partial charge on any atom is -0.479 e. The number of amides is 2. The van der Waals surface area contributed by atoms with Gasteiger partial charge in [-0.25, -0.2) is 38.9 Å². The first-order valence-corrected chi connectivity index (χ1v) is 30.2. The number of hydrogen-bond donors (Lipinski definition) is 14. The van der Waals surface area contributed by atoms with Crippen molar-refractivity contribution in [2.24, 2.45) is 0 Å². The van der Waals surface area contributed by atoms with Gasteiger partial charge in [0.15, 0.2) is 49.6 Å². The number of rotatable bonds is 26. The average Bonchev–Trinajstić information content (AvgIpc) is 3.30. The number of aliphatic carboxylic acids is 2. The third-order valence-electron chi connectivity index (χ3n) is 10.4. The second-order valence-corrected chi connectivity index (χ2v) is 23.7. The van der Waals surface area contributed by atoms with Crippen LogP contribution in [0.3, 0.4) is 0 Å². The Balaban J connectivity index is 1.97. The first-order valence-electron chi connectivity index (χ1n) is 20.7. The van der Waals surface area contributed by atoms with Crippen LogP contribution in [0.4, 0.5) is 0 Å². The summed E-state index contributed by atoms with van der Waals surface area (Å²) in [4.78, 5) is 50.5. The molecule has 4 saturated heterocycles. The fourth-order valence-corrected chi connectivity index (χ4v) is 10.9. The van der Waals surface area contributed by atoms with E-state index >= 15 is 0 Å². The molecule has 81 heavy (non-hydrogen) atoms. The van der Waals surface area contributed by atoms with E-state index in [9.17, 15) is 131 Å². The van der Waals surface area contributed by atoms with Crippen molar-refractivity contribution >= 4 is 96.5 Å². The minimum absolute atomic E-state index is 0.527. The summed E-state index contributed by atoms with van der Waals surface area (Å²) in [6.07, 6.45) is -54.1. The summed E-state index contributed by atoms with van der Waals surface area (Å²) in [6, 6.07) is -5.17. The molecule has 4 fully saturated rings. The SMILES string of the molecule is CC(=O)N[C@@H]1[C@@H](O[C@@H]2O[C@H](C(=O)O)[C@@H](O[C@@H]3O[C@H](COS(=O)(=O)O)[C@H](OS(=O)(=O)O)[C@H](O[C@@H]4O[C@H](C(=O)O)[C@H](OS(=O)(=O)O)[C@@H](O)[C@@H]4OS(=O)(=O)O)[C@H]3NC(C)=O)[C@H](O)[C@H]2OS(=O)(=O)O)[C@@H](OS(=O)(=O)O)[C@@H](COS(=O)(=O)O)O[C@H]1O. The van der Waals surface area contributed by atoms with Gasteiger partial charge in [0.1, 0.15) is 73.1 Å². The molecule has 2 amide bonds. The standard InChI is InChI=1S/C28H44N2O44S7/c1-5(31)29-9-15(13(70-77(46,47)48)7(63-25(9)39)3-61-75(40,41)42)65-27-19(73-80(55,56)57)11(33)17(21(68-27)23(35)36)67-26-10(30-6(2)32)16(14(71-78(49,50)51)8(64-26)4-62-76(43,44)45)66-28-20(74-81(58,59)60)12(34)18(72-79(52,53)54)22(69-28)24(37)38/h7-22,25-28,33-34,39H,3-4H2,1-2H3,(H,29,31)(H,30,32)(H,35,36)(H,37,38)(H,40,41,42)(H,43,44,45)(H,46,47,48)(H,49,50,51)(H,52,53,54)(H,55,56,57)(H,58,59,60)/t7-,8-,9-,10-,11+,12-,13+,14+,15-,16-,17+,18-,19-,20+,21+,22+,25-,26+,27-,28-/m1/s1. The highest BCUT2D eigenvalue weighted by molar-refractivity contribution is 7.82. The summed E-state index contributed by atoms with van der Waals surface area (Å²) in [5.41, 5.74) is 0. The van der Waals surface area contributed by atoms with Crippen LogP contribution in [0, 0.1) is 0 Å². The second kappa shape index (κ2) is 26.5. The van der Waals surface area contributed by atoms with Crippen LogP contribution >= 0.6 is 0 Å². The smallest absolute Gasteiger partial charge is 0.397 e. The average molecular weight is 1340 g/mol. The lowest BCUT2D eigenvalue weighted by atomic mass is 9.94. The van der Waals surface area contributed by atoms with E-state index in [0.29, 0.717) is 13.8 Å². The Kier molecular flexibility index (Phi) is 22.9. The highest BCUT2D eigenvalue weighted by atomic mass is 32.3. The largest absolute Gasteiger partial charge is 0.479 e. The van der Waals surface area contributed by atoms with Crippen LogP contribution in [0.15, 0.2) is 0 Å². The molecule has 14 N–H and O–H groups in total. The number of hydrogen-bond acceptors (Lipinski definition) is 35. The van der Waals surface area contributed by atoms with Crippen LogP contribution in [-0.2, 0) is 154 Å². The fourth-order valence-electron chi connectivity index (χ4n) is 7.75. The maximum atomic E-state index is 13.0. The summed E-state index contributed by atoms with van der Waals surface area (Å²) in [6.45, 7) is -2.36. The number of carbonyl (C=O) groups excluding carboxylic acids is 2. The second-order valence-electron chi connectivity index (χ2n) is 16.2. The molecular weight excluding hydrogens is 1290 g/mol. The molecule has 20 atom stereocenters. The van der Waals surface area contributed by atoms with Crippen molar-refractivity contribution in [1.29, 1.82) is 0 Å². The lowest BCUT2D eigenvalue weighted by Gasteiger charge is -2.50. The normalized spacial score (nSPS) is 35.8. The maximum Gasteiger partial charge on any atom is 0.397 e. The zero-order valence-corrected chi connectivity index (χ0v) is 45.0. The number of carboxylic acids is 2. The van der Waals surface area contributed by atoms with Gasteiger partial charge in [-0.2, -0.15) is 58.9 Å². The zero-order chi connectivity index (χ0) is 62.1. The van der Waals surface area contributed by atoms with Gasteiger partial charge >= 0.3 is 84.7 Å². The molecule has 4 aliphatic rings. The molecule has 0 radical (unpaired) electrons. The van der Waals surface area contributed by atoms with Crippen molar-refractivity contribution in [2.75, 3.05) is 13.2 Å². The number of nitrogens with one attached hydrogen (secondary N) is 2. The monoisotopic (exact) mass is 1340 g/mol. The fraction of sp³-hybridized carbons (Fsp3) is 0.857. The molecule has 4 aliphatic heterocycles. The highest BCUT2D eigenvalue weighted by Gasteiger charge is 2.61. The molecule has 0 aliphatic carbocycles. The van der Waals surface area contributed by atoms with E-state index in [-0.39, 0.29) is 0 Å². The zero-order valence-electron chi connectivity index (χ0n) is 39.2. The van der Waals surface area contributed by atoms with Crippen LogP contribution in [0.5, 0.6) is 0 Å². The van der Waals surface area contributed by atoms with Crippen LogP contribution in [0.25, 0.3) is 0 Å². The molecular formula is C28H44N2O44S7. The van der Waals surface area contributed by atoms with Gasteiger partial charge in [-0.3, -0.25) is 41.5 Å². The third kappa shape index (κ3) is 21.2. The van der Waals surface area contributed by atoms with E-state index in [4.69, 9.17) is 37.7 Å². The molecule has 0 aromatic heterocycles. The summed E-state index contributed by atoms with van der Waals surface area (Å²) in [7, 11) is -41.6. The van der Waals surface area contributed by atoms with Crippen LogP contribution in [0.2, 0.25) is 0 Å². The summed E-state index contributed by atoms with van der Waals surface area (Å²) >= 11 is 0. The van der Waals surface area contributed by atoms with E-state index in [1.807, 2.05) is 10.6 Å². The van der Waals surface area contributed by atoms with Gasteiger partial charge in [0.25, 0.3) is 0 Å². The van der Waals surface area contributed by atoms with Gasteiger partial charge in [0.05, 0.1) is 13.2 Å². The Bertz CT molecular complexity index is 3100. The molecule has 0 aromatic rings. The van der Waals surface area contributed by atoms with E-state index in [1.165, 1.54) is 0 Å². The van der Waals surface area contributed by atoms with Crippen LogP contribution in [0.1, 0.15) is 13.8 Å². The molecule has 4 heterocycles. The molecule has 53 heteroatoms. The summed E-state index contributed by atoms with van der Waals surface area (Å²) in [5.74, 6) is -7.63. The lowest BCUT2D eigenvalue weighted by Crippen LogP contribution is -2.71. The predicted molar refractivity (Wildman–Crippen MR) is 231 cm³/mol. The molecule has 0 saturated carbocycles. The van der Waals surface area contributed by atoms with E-state index < -0.39 is 232 Å².